The largest absolute Gasteiger partial charge is 0.493 e. The van der Waals surface area contributed by atoms with E-state index in [0.717, 1.165) is 123 Å². The SMILES string of the molecule is CC.CC.CC.CC.CC.CC.CC.CC.CC(C)c1ccc2c(c1)C(=O)CC2.CC(C)c1ccc2c(c1)CCC2=O.CC(C)c1ccc2c(c1)CCO2.CC(C)c1ccc2c(c1)OCC2.CC(C)c1cccc2c1C(=O)CC2.CC(C)c1cccc2c1CCC2=O.CC(C)c1cccc2c1CCO2.CC(C)c1cccc2c1OCC2. The second-order valence-electron chi connectivity index (χ2n) is 30.3. The zero-order chi connectivity index (χ0) is 87.9. The summed E-state index contributed by atoms with van der Waals surface area (Å²) in [6, 6.07) is 50.8. The molecule has 4 aliphatic heterocycles. The topological polar surface area (TPSA) is 105 Å². The molecule has 8 aromatic rings. The summed E-state index contributed by atoms with van der Waals surface area (Å²) in [7, 11) is 0. The van der Waals surface area contributed by atoms with Crippen molar-refractivity contribution >= 4 is 23.1 Å². The Morgan fingerprint density at radius 2 is 0.603 bits per heavy atom. The maximum atomic E-state index is 11.6. The zero-order valence-corrected chi connectivity index (χ0v) is 79.1. The summed E-state index contributed by atoms with van der Waals surface area (Å²) in [4.78, 5) is 45.8. The van der Waals surface area contributed by atoms with Crippen molar-refractivity contribution < 1.29 is 38.1 Å². The van der Waals surface area contributed by atoms with Crippen LogP contribution >= 0.6 is 0 Å². The minimum absolute atomic E-state index is 0.310. The van der Waals surface area contributed by atoms with Gasteiger partial charge in [0.25, 0.3) is 0 Å². The van der Waals surface area contributed by atoms with Crippen LogP contribution in [0.3, 0.4) is 0 Å². The van der Waals surface area contributed by atoms with Gasteiger partial charge in [-0.05, 0) is 181 Å². The van der Waals surface area contributed by atoms with E-state index in [-0.39, 0.29) is 0 Å². The molecule has 4 aliphatic carbocycles. The van der Waals surface area contributed by atoms with Crippen LogP contribution in [0.25, 0.3) is 0 Å². The van der Waals surface area contributed by atoms with Gasteiger partial charge in [-0.15, -0.1) is 0 Å². The molecule has 0 radical (unpaired) electrons. The van der Waals surface area contributed by atoms with Gasteiger partial charge in [0.1, 0.15) is 23.0 Å². The summed E-state index contributed by atoms with van der Waals surface area (Å²) in [5, 5.41) is 0. The Balaban J connectivity index is 0.000000646. The van der Waals surface area contributed by atoms with Gasteiger partial charge in [0.05, 0.1) is 26.4 Å². The van der Waals surface area contributed by atoms with Crippen LogP contribution in [0.5, 0.6) is 23.0 Å². The number of para-hydroxylation sites is 1. The third kappa shape index (κ3) is 31.5. The third-order valence-corrected chi connectivity index (χ3v) is 20.4. The lowest BCUT2D eigenvalue weighted by Crippen LogP contribution is -2.00. The van der Waals surface area contributed by atoms with Crippen LogP contribution in [0.15, 0.2) is 146 Å². The second kappa shape index (κ2) is 57.7. The molecule has 0 unspecified atom stereocenters. The van der Waals surface area contributed by atoms with Crippen LogP contribution in [0.2, 0.25) is 0 Å². The lowest BCUT2D eigenvalue weighted by Gasteiger charge is -2.10. The number of carbonyl (C=O) groups is 4. The van der Waals surface area contributed by atoms with E-state index in [4.69, 9.17) is 18.9 Å². The Kier molecular flexibility index (Phi) is 52.5. The fourth-order valence-corrected chi connectivity index (χ4v) is 14.3. The molecule has 0 bridgehead atoms. The van der Waals surface area contributed by atoms with Crippen molar-refractivity contribution in [2.75, 3.05) is 26.4 Å². The first-order valence-electron chi connectivity index (χ1n) is 45.5. The van der Waals surface area contributed by atoms with Crippen molar-refractivity contribution in [3.8, 4) is 23.0 Å². The van der Waals surface area contributed by atoms with Crippen molar-refractivity contribution in [3.63, 3.8) is 0 Å². The Morgan fingerprint density at radius 1 is 0.224 bits per heavy atom. The van der Waals surface area contributed by atoms with Crippen molar-refractivity contribution in [2.24, 2.45) is 0 Å². The highest BCUT2D eigenvalue weighted by molar-refractivity contribution is 6.03. The third-order valence-electron chi connectivity index (χ3n) is 20.4. The number of ether oxygens (including phenoxy) is 4. The average Bonchev–Trinajstić information content (AvgIpc) is 1.65. The van der Waals surface area contributed by atoms with Crippen molar-refractivity contribution in [2.45, 2.75) is 346 Å². The van der Waals surface area contributed by atoms with E-state index < -0.39 is 0 Å². The number of aryl methyl sites for hydroxylation is 3. The number of hydrogen-bond donors (Lipinski definition) is 0. The summed E-state index contributed by atoms with van der Waals surface area (Å²) in [5.74, 6) is 10.2. The van der Waals surface area contributed by atoms with Gasteiger partial charge in [-0.2, -0.15) is 0 Å². The smallest absolute Gasteiger partial charge is 0.163 e. The Morgan fingerprint density at radius 3 is 1.17 bits per heavy atom. The molecule has 0 atom stereocenters. The Bertz CT molecular complexity index is 4020. The molecule has 8 aromatic carbocycles. The highest BCUT2D eigenvalue weighted by Gasteiger charge is 2.26. The molecule has 0 N–H and O–H groups in total. The molecule has 640 valence electrons. The molecule has 0 aromatic heterocycles. The summed E-state index contributed by atoms with van der Waals surface area (Å²) >= 11 is 0. The monoisotopic (exact) mass is 1590 g/mol. The van der Waals surface area contributed by atoms with Gasteiger partial charge >= 0.3 is 0 Å². The summed E-state index contributed by atoms with van der Waals surface area (Å²) in [6.45, 7) is 70.5. The predicted octanol–water partition coefficient (Wildman–Crippen LogP) is 30.9. The van der Waals surface area contributed by atoms with Crippen LogP contribution in [0.4, 0.5) is 0 Å². The lowest BCUT2D eigenvalue weighted by molar-refractivity contribution is 0.0985. The van der Waals surface area contributed by atoms with Crippen molar-refractivity contribution in [1.82, 2.24) is 0 Å². The highest BCUT2D eigenvalue weighted by Crippen LogP contribution is 2.37. The second-order valence-corrected chi connectivity index (χ2v) is 30.3. The normalized spacial score (nSPS) is 13.2. The Labute approximate surface area is 709 Å². The fraction of sp³-hybridized carbons (Fsp3) is 0.519. The molecule has 0 fully saturated rings. The molecule has 8 nitrogen and oxygen atoms in total. The number of hydrogen-bond acceptors (Lipinski definition) is 8. The molecular weight excluding hydrogens is 1430 g/mol. The van der Waals surface area contributed by atoms with E-state index >= 15 is 0 Å². The summed E-state index contributed by atoms with van der Waals surface area (Å²) in [5.41, 5.74) is 25.2. The van der Waals surface area contributed by atoms with Gasteiger partial charge in [-0.3, -0.25) is 19.2 Å². The van der Waals surface area contributed by atoms with E-state index in [1.807, 2.05) is 129 Å². The number of rotatable bonds is 8. The van der Waals surface area contributed by atoms with Gasteiger partial charge in [0.15, 0.2) is 23.1 Å². The zero-order valence-electron chi connectivity index (χ0n) is 79.1. The first-order valence-corrected chi connectivity index (χ1v) is 45.5. The van der Waals surface area contributed by atoms with E-state index in [1.165, 1.54) is 89.0 Å². The predicted molar refractivity (Wildman–Crippen MR) is 502 cm³/mol. The molecule has 0 spiro atoms. The van der Waals surface area contributed by atoms with Crippen LogP contribution in [0, 0.1) is 0 Å². The molecule has 116 heavy (non-hydrogen) atoms. The standard InChI is InChI=1S/4C12H14O.4C11H14O.8C2H6/c1-8(2)9-3-5-11-10(7-9)4-6-12(11)13;1-8(2)10-4-3-9-5-6-12(13)11(9)7-10;1-8(2)9-4-3-5-11-10(9)6-7-12(11)13;1-8(2)10-5-3-4-9-6-7-11(13)12(9)10;1-8(2)9-3-4-11-10(7-9)5-6-12-11;1-8(2)10-4-3-9-5-6-12-11(9)7-10;1-8(2)9-4-3-5-11-10(9)6-7-12-11;1-8(2)10-5-3-4-9-6-7-12-11(9)10;8*1-2/h3,5,7-8H,4,6H2,1-2H3;3-4,7-8H,5-6H2,1-2H3;2*3-5,8H,6-7H2,1-2H3;2*3-4,7-8H,5-6H2,1-2H3;2*3-5,8H,6-7H2,1-2H3;8*1-2H3. The van der Waals surface area contributed by atoms with Crippen LogP contribution in [-0.4, -0.2) is 49.6 Å². The average molecular weight is 1590 g/mol. The maximum Gasteiger partial charge on any atom is 0.163 e. The molecule has 0 amide bonds. The molecule has 16 rings (SSSR count). The maximum absolute atomic E-state index is 11.6. The van der Waals surface area contributed by atoms with Gasteiger partial charge in [-0.1, -0.05) is 343 Å². The minimum atomic E-state index is 0.310. The lowest BCUT2D eigenvalue weighted by atomic mass is 9.94. The van der Waals surface area contributed by atoms with Crippen LogP contribution in [-0.2, 0) is 51.4 Å². The molecular formula is C108H160O8. The first kappa shape index (κ1) is 106. The van der Waals surface area contributed by atoms with Gasteiger partial charge in [0, 0.05) is 79.2 Å². The molecule has 8 heteroatoms. The first-order chi connectivity index (χ1) is 55.9. The molecule has 0 saturated carbocycles. The van der Waals surface area contributed by atoms with E-state index in [2.05, 4.69) is 238 Å². The Hall–Kier alpha value is -8.36. The van der Waals surface area contributed by atoms with E-state index in [0.29, 0.717) is 96.2 Å². The number of carbonyl (C=O) groups excluding carboxylic acids is 4. The van der Waals surface area contributed by atoms with E-state index in [9.17, 15) is 19.2 Å². The van der Waals surface area contributed by atoms with Gasteiger partial charge < -0.3 is 18.9 Å². The summed E-state index contributed by atoms with van der Waals surface area (Å²) < 4.78 is 22.0. The number of ketones is 4. The number of benzene rings is 8. The summed E-state index contributed by atoms with van der Waals surface area (Å²) in [6.07, 6.45) is 10.9. The molecule has 4 heterocycles. The fourth-order valence-electron chi connectivity index (χ4n) is 14.3. The highest BCUT2D eigenvalue weighted by atomic mass is 16.5. The van der Waals surface area contributed by atoms with Crippen LogP contribution in [0.1, 0.15) is 425 Å². The minimum Gasteiger partial charge on any atom is -0.493 e. The molecule has 0 saturated heterocycles. The van der Waals surface area contributed by atoms with Crippen molar-refractivity contribution in [1.29, 1.82) is 0 Å². The van der Waals surface area contributed by atoms with Gasteiger partial charge in [-0.25, -0.2) is 0 Å². The van der Waals surface area contributed by atoms with Crippen molar-refractivity contribution in [3.05, 3.63) is 257 Å². The van der Waals surface area contributed by atoms with Gasteiger partial charge in [0.2, 0.25) is 0 Å². The number of fused-ring (bicyclic) bond motifs is 8. The van der Waals surface area contributed by atoms with E-state index in [1.54, 1.807) is 0 Å². The van der Waals surface area contributed by atoms with Crippen LogP contribution < -0.4 is 18.9 Å². The molecule has 8 aliphatic rings. The quantitative estimate of drug-likeness (QED) is 0.148. The number of Topliss-reactive ketones (excluding diaryl/α,β-unsaturated/α-hetero) is 4.